The Hall–Kier alpha value is -2.67. The standard InChI is InChI=1S/C37H52ClN3O3/c1-8-11-29(27-12-10-13-30(25(9-2)21-27)36(43)39-19-18-32(42)44-37(5,6)7)33(26-16-14-23(3)15-17-26)35-31-22-28(38)20-24(4)34(31)40-41-35/h10,13-14,16,20,22,27,29,33,36,39,43H,8-9,11-12,15,17-19,21H2,1-7H3,(H,40,41). The van der Waals surface area contributed by atoms with Crippen LogP contribution >= 0.6 is 11.6 Å². The largest absolute Gasteiger partial charge is 0.460 e. The number of hydrogen-bond donors (Lipinski definition) is 3. The summed E-state index contributed by atoms with van der Waals surface area (Å²) in [5.41, 5.74) is 7.79. The summed E-state index contributed by atoms with van der Waals surface area (Å²) < 4.78 is 5.43. The highest BCUT2D eigenvalue weighted by molar-refractivity contribution is 6.31. The molecule has 4 rings (SSSR count). The van der Waals surface area contributed by atoms with Crippen LogP contribution in [-0.2, 0) is 9.53 Å². The van der Waals surface area contributed by atoms with Crippen LogP contribution < -0.4 is 5.32 Å². The minimum absolute atomic E-state index is 0.192. The highest BCUT2D eigenvalue weighted by Gasteiger charge is 2.36. The number of aryl methyl sites for hydroxylation is 1. The lowest BCUT2D eigenvalue weighted by Gasteiger charge is -2.36. The minimum Gasteiger partial charge on any atom is -0.460 e. The van der Waals surface area contributed by atoms with Crippen molar-refractivity contribution in [1.29, 1.82) is 0 Å². The van der Waals surface area contributed by atoms with Crippen LogP contribution in [0.4, 0.5) is 0 Å². The van der Waals surface area contributed by atoms with E-state index in [2.05, 4.69) is 68.5 Å². The predicted molar refractivity (Wildman–Crippen MR) is 182 cm³/mol. The van der Waals surface area contributed by atoms with Gasteiger partial charge >= 0.3 is 5.97 Å². The normalized spacial score (nSPS) is 19.8. The Morgan fingerprint density at radius 2 is 1.98 bits per heavy atom. The van der Waals surface area contributed by atoms with Gasteiger partial charge < -0.3 is 9.84 Å². The zero-order chi connectivity index (χ0) is 32.0. The number of aromatic nitrogens is 2. The lowest BCUT2D eigenvalue weighted by molar-refractivity contribution is -0.154. The van der Waals surface area contributed by atoms with Gasteiger partial charge in [-0.25, -0.2) is 0 Å². The molecule has 0 radical (unpaired) electrons. The second-order valence-electron chi connectivity index (χ2n) is 13.6. The first-order chi connectivity index (χ1) is 20.9. The highest BCUT2D eigenvalue weighted by atomic mass is 35.5. The maximum Gasteiger partial charge on any atom is 0.307 e. The number of hydrogen-bond acceptors (Lipinski definition) is 5. The number of allylic oxidation sites excluding steroid dienone is 6. The molecule has 4 atom stereocenters. The van der Waals surface area contributed by atoms with Gasteiger partial charge in [0.15, 0.2) is 0 Å². The van der Waals surface area contributed by atoms with E-state index in [-0.39, 0.29) is 18.3 Å². The first kappa shape index (κ1) is 34.2. The van der Waals surface area contributed by atoms with Crippen molar-refractivity contribution in [3.05, 3.63) is 75.0 Å². The Morgan fingerprint density at radius 1 is 1.20 bits per heavy atom. The van der Waals surface area contributed by atoms with Crippen LogP contribution in [0, 0.1) is 18.8 Å². The van der Waals surface area contributed by atoms with E-state index in [9.17, 15) is 9.90 Å². The zero-order valence-corrected chi connectivity index (χ0v) is 28.5. The number of nitrogens with one attached hydrogen (secondary N) is 2. The molecule has 1 heterocycles. The Kier molecular flexibility index (Phi) is 11.7. The van der Waals surface area contributed by atoms with Crippen LogP contribution in [0.15, 0.2) is 58.7 Å². The number of carbonyl (C=O) groups excluding carboxylic acids is 1. The molecule has 6 nitrogen and oxygen atoms in total. The number of ether oxygens (including phenoxy) is 1. The van der Waals surface area contributed by atoms with Gasteiger partial charge in [-0.05, 0) is 108 Å². The monoisotopic (exact) mass is 621 g/mol. The summed E-state index contributed by atoms with van der Waals surface area (Å²) in [6, 6.07) is 4.06. The van der Waals surface area contributed by atoms with E-state index in [1.165, 1.54) is 22.4 Å². The van der Waals surface area contributed by atoms with E-state index in [0.29, 0.717) is 18.4 Å². The molecule has 2 aromatic rings. The van der Waals surface area contributed by atoms with Crippen molar-refractivity contribution in [2.45, 2.75) is 118 Å². The molecule has 2 aliphatic rings. The number of aliphatic hydroxyl groups is 1. The Bertz CT molecular complexity index is 1440. The third kappa shape index (κ3) is 8.52. The maximum absolute atomic E-state index is 12.2. The molecule has 0 bridgehead atoms. The van der Waals surface area contributed by atoms with E-state index in [0.717, 1.165) is 72.0 Å². The summed E-state index contributed by atoms with van der Waals surface area (Å²) in [7, 11) is 0. The fourth-order valence-corrected chi connectivity index (χ4v) is 7.25. The number of fused-ring (bicyclic) bond motifs is 1. The quantitative estimate of drug-likeness (QED) is 0.163. The highest BCUT2D eigenvalue weighted by Crippen LogP contribution is 2.47. The van der Waals surface area contributed by atoms with Crippen molar-refractivity contribution in [3.8, 4) is 0 Å². The number of aliphatic hydroxyl groups excluding tert-OH is 1. The smallest absolute Gasteiger partial charge is 0.307 e. The van der Waals surface area contributed by atoms with Gasteiger partial charge in [-0.2, -0.15) is 5.10 Å². The second-order valence-corrected chi connectivity index (χ2v) is 14.1. The van der Waals surface area contributed by atoms with Crippen molar-refractivity contribution in [2.24, 2.45) is 11.8 Å². The summed E-state index contributed by atoms with van der Waals surface area (Å²) in [5, 5.41) is 24.5. The fraction of sp³-hybridized carbons (Fsp3) is 0.568. The molecular formula is C37H52ClN3O3. The number of benzene rings is 1. The van der Waals surface area contributed by atoms with E-state index < -0.39 is 11.8 Å². The zero-order valence-electron chi connectivity index (χ0n) is 27.7. The van der Waals surface area contributed by atoms with E-state index in [4.69, 9.17) is 21.4 Å². The molecule has 7 heteroatoms. The Morgan fingerprint density at radius 3 is 2.64 bits per heavy atom. The lowest BCUT2D eigenvalue weighted by atomic mass is 9.68. The van der Waals surface area contributed by atoms with Gasteiger partial charge in [-0.15, -0.1) is 0 Å². The molecule has 1 aromatic heterocycles. The number of halogens is 1. The lowest BCUT2D eigenvalue weighted by Crippen LogP contribution is -2.34. The third-order valence-corrected chi connectivity index (χ3v) is 9.28. The summed E-state index contributed by atoms with van der Waals surface area (Å²) >= 11 is 6.60. The van der Waals surface area contributed by atoms with Crippen molar-refractivity contribution in [2.75, 3.05) is 6.54 Å². The number of esters is 1. The molecular weight excluding hydrogens is 570 g/mol. The number of carbonyl (C=O) groups is 1. The topological polar surface area (TPSA) is 87.2 Å². The van der Waals surface area contributed by atoms with Gasteiger partial charge in [0.25, 0.3) is 0 Å². The number of H-pyrrole nitrogens is 1. The van der Waals surface area contributed by atoms with Gasteiger partial charge in [0.05, 0.1) is 17.6 Å². The molecule has 0 amide bonds. The van der Waals surface area contributed by atoms with E-state index in [1.54, 1.807) is 0 Å². The summed E-state index contributed by atoms with van der Waals surface area (Å²) in [6.45, 7) is 14.7. The molecule has 0 aliphatic heterocycles. The predicted octanol–water partition coefficient (Wildman–Crippen LogP) is 9.00. The van der Waals surface area contributed by atoms with Gasteiger partial charge in [0.1, 0.15) is 11.8 Å². The summed E-state index contributed by atoms with van der Waals surface area (Å²) in [5.74, 6) is 0.696. The Balaban J connectivity index is 1.65. The van der Waals surface area contributed by atoms with Crippen LogP contribution in [0.25, 0.3) is 10.9 Å². The van der Waals surface area contributed by atoms with Crippen molar-refractivity contribution < 1.29 is 14.6 Å². The molecule has 0 saturated heterocycles. The number of nitrogens with zero attached hydrogens (tertiary/aromatic N) is 1. The van der Waals surface area contributed by atoms with Crippen LogP contribution in [0.3, 0.4) is 0 Å². The van der Waals surface area contributed by atoms with Crippen LogP contribution in [0.2, 0.25) is 5.02 Å². The van der Waals surface area contributed by atoms with Crippen LogP contribution in [-0.4, -0.2) is 39.6 Å². The molecule has 44 heavy (non-hydrogen) atoms. The minimum atomic E-state index is -0.835. The number of rotatable bonds is 12. The van der Waals surface area contributed by atoms with Crippen LogP contribution in [0.1, 0.15) is 110 Å². The van der Waals surface area contributed by atoms with Gasteiger partial charge in [-0.1, -0.05) is 72.9 Å². The molecule has 0 fully saturated rings. The van der Waals surface area contributed by atoms with Crippen molar-refractivity contribution in [3.63, 3.8) is 0 Å². The average molecular weight is 622 g/mol. The molecule has 0 saturated carbocycles. The third-order valence-electron chi connectivity index (χ3n) is 9.06. The summed E-state index contributed by atoms with van der Waals surface area (Å²) in [6.07, 6.45) is 15.3. The van der Waals surface area contributed by atoms with Crippen molar-refractivity contribution >= 4 is 28.5 Å². The first-order valence-corrected chi connectivity index (χ1v) is 16.8. The molecule has 3 N–H and O–H groups in total. The van der Waals surface area contributed by atoms with Crippen LogP contribution in [0.5, 0.6) is 0 Å². The van der Waals surface area contributed by atoms with Crippen molar-refractivity contribution in [1.82, 2.24) is 15.5 Å². The average Bonchev–Trinajstić information content (AvgIpc) is 3.23. The second kappa shape index (κ2) is 15.1. The summed E-state index contributed by atoms with van der Waals surface area (Å²) in [4.78, 5) is 12.2. The Labute approximate surface area is 269 Å². The van der Waals surface area contributed by atoms with Gasteiger partial charge in [0.2, 0.25) is 0 Å². The number of aromatic amines is 1. The maximum atomic E-state index is 12.2. The van der Waals surface area contributed by atoms with Gasteiger partial charge in [-0.3, -0.25) is 15.2 Å². The molecule has 2 aliphatic carbocycles. The van der Waals surface area contributed by atoms with Gasteiger partial charge in [0, 0.05) is 22.9 Å². The molecule has 1 aromatic carbocycles. The molecule has 4 unspecified atom stereocenters. The SMILES string of the molecule is CCCC(C1CC=CC(C(O)NCCC(=O)OC(C)(C)C)=C(CC)C1)C(C1=CC=C(C)CC1)c1[nH]nc2c(C)cc(Cl)cc12. The fourth-order valence-electron chi connectivity index (χ4n) is 6.98. The first-order valence-electron chi connectivity index (χ1n) is 16.4. The molecule has 0 spiro atoms. The molecule has 240 valence electrons. The van der Waals surface area contributed by atoms with E-state index in [1.807, 2.05) is 26.8 Å². The van der Waals surface area contributed by atoms with E-state index >= 15 is 0 Å².